The van der Waals surface area contributed by atoms with E-state index >= 15 is 0 Å². The van der Waals surface area contributed by atoms with E-state index in [0.717, 1.165) is 12.1 Å². The molecule has 1 aromatic rings. The van der Waals surface area contributed by atoms with Crippen molar-refractivity contribution in [3.8, 4) is 5.75 Å². The quantitative estimate of drug-likeness (QED) is 0.459. The van der Waals surface area contributed by atoms with Crippen LogP contribution in [0.5, 0.6) is 5.75 Å². The first-order valence-electron chi connectivity index (χ1n) is 11.7. The third-order valence-corrected chi connectivity index (χ3v) is 8.02. The Balaban J connectivity index is 1.85. The van der Waals surface area contributed by atoms with Crippen molar-refractivity contribution in [3.63, 3.8) is 0 Å². The average Bonchev–Trinajstić information content (AvgIpc) is 2.77. The molecule has 6 atom stereocenters. The molecule has 3 aliphatic rings. The number of hydrogen-bond acceptors (Lipinski definition) is 9. The fourth-order valence-electron chi connectivity index (χ4n) is 6.22. The van der Waals surface area contributed by atoms with Gasteiger partial charge in [0, 0.05) is 12.5 Å². The van der Waals surface area contributed by atoms with Crippen LogP contribution < -0.4 is 5.73 Å². The van der Waals surface area contributed by atoms with E-state index in [0.29, 0.717) is 12.1 Å². The fraction of sp³-hybridized carbons (Fsp3) is 0.560. The molecule has 0 radical (unpaired) electrons. The van der Waals surface area contributed by atoms with Gasteiger partial charge in [0.1, 0.15) is 5.75 Å². The van der Waals surface area contributed by atoms with Gasteiger partial charge in [-0.25, -0.2) is 0 Å². The molecule has 0 saturated heterocycles. The fourth-order valence-corrected chi connectivity index (χ4v) is 6.22. The Labute approximate surface area is 203 Å². The van der Waals surface area contributed by atoms with Crippen molar-refractivity contribution >= 4 is 29.0 Å². The maximum atomic E-state index is 13.7. The van der Waals surface area contributed by atoms with Crippen molar-refractivity contribution in [2.45, 2.75) is 38.0 Å². The molecule has 1 amide bonds. The second kappa shape index (κ2) is 8.61. The summed E-state index contributed by atoms with van der Waals surface area (Å²) in [4.78, 5) is 69.2. The van der Waals surface area contributed by atoms with Crippen molar-refractivity contribution in [1.29, 1.82) is 0 Å². The van der Waals surface area contributed by atoms with E-state index in [1.54, 1.807) is 20.2 Å². The van der Waals surface area contributed by atoms with Crippen LogP contribution in [0.15, 0.2) is 12.1 Å². The van der Waals surface area contributed by atoms with Gasteiger partial charge in [-0.3, -0.25) is 28.9 Å². The third kappa shape index (κ3) is 3.54. The lowest BCUT2D eigenvalue weighted by Crippen LogP contribution is -2.74. The Morgan fingerprint density at radius 1 is 1.14 bits per heavy atom. The van der Waals surface area contributed by atoms with E-state index in [1.165, 1.54) is 11.0 Å². The Bertz CT molecular complexity index is 1150. The number of nitrogens with zero attached hydrogens (tertiary/aromatic N) is 2. The first-order valence-corrected chi connectivity index (χ1v) is 11.7. The number of phenolic OH excluding ortho intramolecular Hbond substituents is 1. The van der Waals surface area contributed by atoms with Gasteiger partial charge >= 0.3 is 0 Å². The first kappa shape index (κ1) is 25.2. The highest BCUT2D eigenvalue weighted by molar-refractivity contribution is 6.32. The molecule has 2 fully saturated rings. The summed E-state index contributed by atoms with van der Waals surface area (Å²) in [5, 5.41) is 22.1. The highest BCUT2D eigenvalue weighted by Gasteiger charge is 2.69. The molecule has 3 aliphatic carbocycles. The number of carbonyl (C=O) groups is 5. The molecule has 0 aromatic heterocycles. The smallest absolute Gasteiger partial charge is 0.235 e. The number of amides is 1. The van der Waals surface area contributed by atoms with Crippen molar-refractivity contribution in [2.75, 3.05) is 27.7 Å². The number of Topliss-reactive ketones (excluding diaryl/α,β-unsaturated/α-hetero) is 4. The monoisotopic (exact) mass is 485 g/mol. The molecule has 0 heterocycles. The number of aliphatic hydroxyl groups is 1. The Hall–Kier alpha value is -2.95. The summed E-state index contributed by atoms with van der Waals surface area (Å²) in [7, 11) is 5.05. The zero-order valence-corrected chi connectivity index (χ0v) is 20.3. The van der Waals surface area contributed by atoms with Gasteiger partial charge in [0.25, 0.3) is 0 Å². The topological polar surface area (TPSA) is 158 Å². The molecule has 188 valence electrons. The van der Waals surface area contributed by atoms with Gasteiger partial charge in [-0.15, -0.1) is 0 Å². The van der Waals surface area contributed by atoms with Gasteiger partial charge in [-0.05, 0) is 63.6 Å². The number of nitrogens with two attached hydrogens (primary N) is 1. The van der Waals surface area contributed by atoms with E-state index in [1.807, 2.05) is 18.9 Å². The van der Waals surface area contributed by atoms with Crippen LogP contribution in [0.3, 0.4) is 0 Å². The van der Waals surface area contributed by atoms with Crippen LogP contribution in [-0.2, 0) is 32.1 Å². The number of primary amides is 1. The molecule has 4 N–H and O–H groups in total. The normalized spacial score (nSPS) is 32.5. The van der Waals surface area contributed by atoms with Gasteiger partial charge in [-0.1, -0.05) is 13.0 Å². The summed E-state index contributed by atoms with van der Waals surface area (Å²) in [5.41, 5.74) is 4.13. The van der Waals surface area contributed by atoms with Crippen LogP contribution in [0.25, 0.3) is 0 Å². The maximum absolute atomic E-state index is 13.7. The molecule has 0 aliphatic heterocycles. The van der Waals surface area contributed by atoms with Gasteiger partial charge < -0.3 is 20.8 Å². The van der Waals surface area contributed by atoms with Crippen LogP contribution in [0.1, 0.15) is 34.8 Å². The Kier molecular flexibility index (Phi) is 6.19. The van der Waals surface area contributed by atoms with E-state index in [-0.39, 0.29) is 24.2 Å². The van der Waals surface area contributed by atoms with Crippen molar-refractivity contribution in [2.24, 2.45) is 29.4 Å². The second-order valence-electron chi connectivity index (χ2n) is 10.2. The minimum Gasteiger partial charge on any atom is -0.507 e. The molecule has 10 nitrogen and oxygen atoms in total. The van der Waals surface area contributed by atoms with Crippen LogP contribution in [-0.4, -0.2) is 88.4 Å². The summed E-state index contributed by atoms with van der Waals surface area (Å²) in [6.45, 7) is 3.29. The van der Waals surface area contributed by atoms with Crippen molar-refractivity contribution in [3.05, 3.63) is 28.8 Å². The van der Waals surface area contributed by atoms with Crippen LogP contribution in [0, 0.1) is 23.7 Å². The molecular formula is C25H31N3O7. The number of ketones is 4. The average molecular weight is 486 g/mol. The third-order valence-electron chi connectivity index (χ3n) is 8.02. The number of fused-ring (bicyclic) bond motifs is 3. The highest BCUT2D eigenvalue weighted by atomic mass is 16.3. The Morgan fingerprint density at radius 2 is 1.80 bits per heavy atom. The molecule has 1 aromatic carbocycles. The van der Waals surface area contributed by atoms with Gasteiger partial charge in [0.15, 0.2) is 34.7 Å². The maximum Gasteiger partial charge on any atom is 0.235 e. The highest BCUT2D eigenvalue weighted by Crippen LogP contribution is 2.51. The lowest BCUT2D eigenvalue weighted by atomic mass is 9.52. The van der Waals surface area contributed by atoms with Gasteiger partial charge in [0.05, 0.1) is 17.5 Å². The molecule has 10 heteroatoms. The largest absolute Gasteiger partial charge is 0.507 e. The number of likely N-dealkylation sites (N-methyl/N-ethyl adjacent to an activating group) is 1. The summed E-state index contributed by atoms with van der Waals surface area (Å²) >= 11 is 0. The lowest BCUT2D eigenvalue weighted by molar-refractivity contribution is -0.181. The minimum absolute atomic E-state index is 0.0265. The molecule has 35 heavy (non-hydrogen) atoms. The van der Waals surface area contributed by atoms with Crippen molar-refractivity contribution in [1.82, 2.24) is 9.80 Å². The number of phenols is 1. The predicted octanol–water partition coefficient (Wildman–Crippen LogP) is -0.681. The molecule has 0 spiro atoms. The summed E-state index contributed by atoms with van der Waals surface area (Å²) in [6.07, 6.45) is 0.315. The zero-order valence-electron chi connectivity index (χ0n) is 20.3. The zero-order chi connectivity index (χ0) is 26.0. The summed E-state index contributed by atoms with van der Waals surface area (Å²) in [6, 6.07) is 2.06. The molecule has 2 unspecified atom stereocenters. The number of hydrogen-bond donors (Lipinski definition) is 3. The molecule has 2 saturated carbocycles. The van der Waals surface area contributed by atoms with E-state index < -0.39 is 64.4 Å². The van der Waals surface area contributed by atoms with Crippen LogP contribution in [0.2, 0.25) is 0 Å². The second-order valence-corrected chi connectivity index (χ2v) is 10.2. The number of aromatic hydroxyl groups is 1. The standard InChI is InChI=1S/C25H31N3O7/c1-5-28(4)10-11-6-7-15(29)17-13(11)8-12-9-14-19(27(2)3)21(31)18(24(26)34)23(33)25(14,35)22(32)16(12)20(17)30/h6-7,12,14,16,18-19,29,35H,5,8-10H2,1-4H3,(H2,26,34)/t12-,14-,16?,18?,19-,25-/m0/s1. The van der Waals surface area contributed by atoms with Gasteiger partial charge in [-0.2, -0.15) is 0 Å². The molecule has 0 bridgehead atoms. The molecule has 4 rings (SSSR count). The Morgan fingerprint density at radius 3 is 2.37 bits per heavy atom. The van der Waals surface area contributed by atoms with Gasteiger partial charge in [0.2, 0.25) is 5.91 Å². The number of benzene rings is 1. The minimum atomic E-state index is -2.70. The first-order chi connectivity index (χ1) is 16.4. The van der Waals surface area contributed by atoms with E-state index in [4.69, 9.17) is 5.73 Å². The number of carbonyl (C=O) groups excluding carboxylic acids is 5. The van der Waals surface area contributed by atoms with Crippen molar-refractivity contribution < 1.29 is 34.2 Å². The van der Waals surface area contributed by atoms with Crippen LogP contribution >= 0.6 is 0 Å². The summed E-state index contributed by atoms with van der Waals surface area (Å²) < 4.78 is 0. The lowest BCUT2D eigenvalue weighted by Gasteiger charge is -2.52. The van der Waals surface area contributed by atoms with E-state index in [9.17, 15) is 34.2 Å². The predicted molar refractivity (Wildman–Crippen MR) is 123 cm³/mol. The summed E-state index contributed by atoms with van der Waals surface area (Å²) in [5.74, 6) is -10.3. The number of rotatable bonds is 5. The van der Waals surface area contributed by atoms with Crippen LogP contribution in [0.4, 0.5) is 0 Å². The van der Waals surface area contributed by atoms with E-state index in [2.05, 4.69) is 0 Å². The SMILES string of the molecule is CCN(C)Cc1ccc(O)c2c1C[C@H]1C[C@H]3[C@H](N(C)C)C(=O)C(C(N)=O)C(=O)[C@@]3(O)C(=O)C1C2=O. The molecular weight excluding hydrogens is 454 g/mol.